The summed E-state index contributed by atoms with van der Waals surface area (Å²) in [6.07, 6.45) is 5.36. The lowest BCUT2D eigenvalue weighted by Gasteiger charge is -2.16. The SMILES string of the molecule is C[C@H](Nc1ncccc1C#N)c1ccc2c(c1)CCC2. The molecule has 0 amide bonds. The summed E-state index contributed by atoms with van der Waals surface area (Å²) in [5, 5.41) is 12.4. The van der Waals surface area contributed by atoms with Gasteiger partial charge in [-0.15, -0.1) is 0 Å². The molecule has 0 bridgehead atoms. The maximum absolute atomic E-state index is 9.10. The summed E-state index contributed by atoms with van der Waals surface area (Å²) < 4.78 is 0. The Kier molecular flexibility index (Phi) is 3.39. The van der Waals surface area contributed by atoms with Crippen molar-refractivity contribution < 1.29 is 0 Å². The fourth-order valence-corrected chi connectivity index (χ4v) is 2.76. The molecule has 1 aromatic heterocycles. The van der Waals surface area contributed by atoms with E-state index in [1.54, 1.807) is 18.3 Å². The highest BCUT2D eigenvalue weighted by Gasteiger charge is 2.14. The summed E-state index contributed by atoms with van der Waals surface area (Å²) in [5.41, 5.74) is 4.79. The predicted molar refractivity (Wildman–Crippen MR) is 79.5 cm³/mol. The molecule has 0 fully saturated rings. The quantitative estimate of drug-likeness (QED) is 0.920. The van der Waals surface area contributed by atoms with E-state index in [1.165, 1.54) is 36.0 Å². The van der Waals surface area contributed by atoms with Gasteiger partial charge in [-0.25, -0.2) is 4.98 Å². The first-order valence-corrected chi connectivity index (χ1v) is 7.01. The highest BCUT2D eigenvalue weighted by molar-refractivity contribution is 5.52. The van der Waals surface area contributed by atoms with Crippen LogP contribution in [0.15, 0.2) is 36.5 Å². The van der Waals surface area contributed by atoms with Crippen LogP contribution < -0.4 is 5.32 Å². The molecule has 20 heavy (non-hydrogen) atoms. The third kappa shape index (κ3) is 2.37. The molecule has 1 heterocycles. The lowest BCUT2D eigenvalue weighted by atomic mass is 10.0. The fraction of sp³-hybridized carbons (Fsp3) is 0.294. The number of hydrogen-bond acceptors (Lipinski definition) is 3. The van der Waals surface area contributed by atoms with Crippen molar-refractivity contribution in [3.63, 3.8) is 0 Å². The Morgan fingerprint density at radius 1 is 1.25 bits per heavy atom. The van der Waals surface area contributed by atoms with Gasteiger partial charge in [0, 0.05) is 12.2 Å². The molecule has 1 aliphatic rings. The van der Waals surface area contributed by atoms with Crippen LogP contribution in [-0.2, 0) is 12.8 Å². The van der Waals surface area contributed by atoms with E-state index < -0.39 is 0 Å². The van der Waals surface area contributed by atoms with Crippen molar-refractivity contribution in [2.75, 3.05) is 5.32 Å². The minimum atomic E-state index is 0.142. The minimum absolute atomic E-state index is 0.142. The summed E-state index contributed by atoms with van der Waals surface area (Å²) in [6, 6.07) is 12.6. The lowest BCUT2D eigenvalue weighted by Crippen LogP contribution is -2.09. The molecule has 1 N–H and O–H groups in total. The van der Waals surface area contributed by atoms with Crippen molar-refractivity contribution in [2.45, 2.75) is 32.2 Å². The van der Waals surface area contributed by atoms with Crippen LogP contribution in [0.4, 0.5) is 5.82 Å². The summed E-state index contributed by atoms with van der Waals surface area (Å²) in [6.45, 7) is 2.10. The van der Waals surface area contributed by atoms with Crippen LogP contribution in [0, 0.1) is 11.3 Å². The number of hydrogen-bond donors (Lipinski definition) is 1. The van der Waals surface area contributed by atoms with Gasteiger partial charge in [-0.2, -0.15) is 5.26 Å². The highest BCUT2D eigenvalue weighted by Crippen LogP contribution is 2.27. The Labute approximate surface area is 119 Å². The maximum Gasteiger partial charge on any atom is 0.144 e. The molecule has 2 aromatic rings. The molecule has 3 heteroatoms. The fourth-order valence-electron chi connectivity index (χ4n) is 2.76. The molecule has 0 aliphatic heterocycles. The van der Waals surface area contributed by atoms with Crippen LogP contribution in [0.5, 0.6) is 0 Å². The van der Waals surface area contributed by atoms with E-state index in [-0.39, 0.29) is 6.04 Å². The van der Waals surface area contributed by atoms with Crippen LogP contribution in [0.1, 0.15) is 41.6 Å². The van der Waals surface area contributed by atoms with E-state index in [9.17, 15) is 0 Å². The lowest BCUT2D eigenvalue weighted by molar-refractivity contribution is 0.869. The Morgan fingerprint density at radius 2 is 2.10 bits per heavy atom. The third-order valence-corrected chi connectivity index (χ3v) is 3.90. The Balaban J connectivity index is 1.83. The number of nitrogens with one attached hydrogen (secondary N) is 1. The monoisotopic (exact) mass is 263 g/mol. The van der Waals surface area contributed by atoms with Gasteiger partial charge in [0.2, 0.25) is 0 Å². The maximum atomic E-state index is 9.10. The number of aromatic nitrogens is 1. The molecule has 3 nitrogen and oxygen atoms in total. The van der Waals surface area contributed by atoms with Crippen LogP contribution in [0.3, 0.4) is 0 Å². The minimum Gasteiger partial charge on any atom is -0.362 e. The summed E-state index contributed by atoms with van der Waals surface area (Å²) in [5.74, 6) is 0.656. The van der Waals surface area contributed by atoms with Crippen LogP contribution in [0.2, 0.25) is 0 Å². The molecule has 1 aromatic carbocycles. The van der Waals surface area contributed by atoms with Gasteiger partial charge >= 0.3 is 0 Å². The first-order valence-electron chi connectivity index (χ1n) is 7.01. The summed E-state index contributed by atoms with van der Waals surface area (Å²) >= 11 is 0. The molecule has 0 saturated carbocycles. The number of benzene rings is 1. The zero-order chi connectivity index (χ0) is 13.9. The number of pyridine rings is 1. The van der Waals surface area contributed by atoms with Gasteiger partial charge in [-0.05, 0) is 55.0 Å². The Morgan fingerprint density at radius 3 is 2.95 bits per heavy atom. The average Bonchev–Trinajstić information content (AvgIpc) is 2.95. The smallest absolute Gasteiger partial charge is 0.144 e. The zero-order valence-electron chi connectivity index (χ0n) is 11.6. The largest absolute Gasteiger partial charge is 0.362 e. The van der Waals surface area contributed by atoms with Crippen molar-refractivity contribution in [2.24, 2.45) is 0 Å². The van der Waals surface area contributed by atoms with Gasteiger partial charge in [0.15, 0.2) is 0 Å². The highest BCUT2D eigenvalue weighted by atomic mass is 15.0. The molecular formula is C17H17N3. The number of anilines is 1. The van der Waals surface area contributed by atoms with E-state index in [0.29, 0.717) is 11.4 Å². The van der Waals surface area contributed by atoms with Gasteiger partial charge < -0.3 is 5.32 Å². The van der Waals surface area contributed by atoms with Gasteiger partial charge in [-0.1, -0.05) is 18.2 Å². The second-order valence-corrected chi connectivity index (χ2v) is 5.26. The Bertz CT molecular complexity index is 670. The molecule has 100 valence electrons. The number of nitriles is 1. The molecule has 1 aliphatic carbocycles. The van der Waals surface area contributed by atoms with E-state index >= 15 is 0 Å². The molecule has 0 saturated heterocycles. The van der Waals surface area contributed by atoms with E-state index in [0.717, 1.165) is 0 Å². The molecule has 1 atom stereocenters. The predicted octanol–water partition coefficient (Wildman–Crippen LogP) is 3.62. The van der Waals surface area contributed by atoms with Crippen LogP contribution in [0.25, 0.3) is 0 Å². The summed E-state index contributed by atoms with van der Waals surface area (Å²) in [7, 11) is 0. The van der Waals surface area contributed by atoms with Crippen molar-refractivity contribution in [3.05, 3.63) is 58.8 Å². The topological polar surface area (TPSA) is 48.7 Å². The summed E-state index contributed by atoms with van der Waals surface area (Å²) in [4.78, 5) is 4.25. The van der Waals surface area contributed by atoms with Gasteiger partial charge in [0.25, 0.3) is 0 Å². The van der Waals surface area contributed by atoms with E-state index in [4.69, 9.17) is 5.26 Å². The third-order valence-electron chi connectivity index (χ3n) is 3.90. The number of rotatable bonds is 3. The number of fused-ring (bicyclic) bond motifs is 1. The Hall–Kier alpha value is -2.34. The van der Waals surface area contributed by atoms with Crippen LogP contribution >= 0.6 is 0 Å². The molecule has 3 rings (SSSR count). The average molecular weight is 263 g/mol. The standard InChI is InChI=1S/C17H17N3/c1-12(20-17-16(11-18)6-3-9-19-17)14-8-7-13-4-2-5-15(13)10-14/h3,6-10,12H,2,4-5H2,1H3,(H,19,20)/t12-/m0/s1. The molecule has 0 unspecified atom stereocenters. The number of aryl methyl sites for hydroxylation is 2. The molecule has 0 spiro atoms. The van der Waals surface area contributed by atoms with Gasteiger partial charge in [0.05, 0.1) is 5.56 Å². The van der Waals surface area contributed by atoms with Crippen molar-refractivity contribution in [1.82, 2.24) is 4.98 Å². The van der Waals surface area contributed by atoms with E-state index in [1.807, 2.05) is 0 Å². The first kappa shape index (κ1) is 12.7. The molecule has 0 radical (unpaired) electrons. The van der Waals surface area contributed by atoms with Gasteiger partial charge in [0.1, 0.15) is 11.9 Å². The van der Waals surface area contributed by atoms with Crippen molar-refractivity contribution in [3.8, 4) is 6.07 Å². The zero-order valence-corrected chi connectivity index (χ0v) is 11.6. The first-order chi connectivity index (χ1) is 9.78. The van der Waals surface area contributed by atoms with Crippen LogP contribution in [-0.4, -0.2) is 4.98 Å². The second kappa shape index (κ2) is 5.34. The normalized spacial score (nSPS) is 14.4. The molecular weight excluding hydrogens is 246 g/mol. The van der Waals surface area contributed by atoms with Crippen molar-refractivity contribution >= 4 is 5.82 Å². The van der Waals surface area contributed by atoms with Crippen molar-refractivity contribution in [1.29, 1.82) is 5.26 Å². The second-order valence-electron chi connectivity index (χ2n) is 5.26. The number of nitrogens with zero attached hydrogens (tertiary/aromatic N) is 2. The van der Waals surface area contributed by atoms with E-state index in [2.05, 4.69) is 41.5 Å². The van der Waals surface area contributed by atoms with Gasteiger partial charge in [-0.3, -0.25) is 0 Å².